The zero-order valence-electron chi connectivity index (χ0n) is 12.7. The van der Waals surface area contributed by atoms with E-state index >= 15 is 0 Å². The van der Waals surface area contributed by atoms with Crippen molar-refractivity contribution in [2.45, 2.75) is 13.5 Å². The van der Waals surface area contributed by atoms with E-state index in [0.717, 1.165) is 11.5 Å². The van der Waals surface area contributed by atoms with E-state index in [4.69, 9.17) is 0 Å². The molecular weight excluding hydrogens is 314 g/mol. The fourth-order valence-corrected chi connectivity index (χ4v) is 2.62. The minimum atomic E-state index is -0.625. The molecule has 24 heavy (non-hydrogen) atoms. The summed E-state index contributed by atoms with van der Waals surface area (Å²) in [5.41, 5.74) is 1.66. The van der Waals surface area contributed by atoms with Gasteiger partial charge in [0.1, 0.15) is 23.2 Å². The Kier molecular flexibility index (Phi) is 3.30. The summed E-state index contributed by atoms with van der Waals surface area (Å²) in [5.74, 6) is -0.125. The molecule has 1 N–H and O–H groups in total. The van der Waals surface area contributed by atoms with Gasteiger partial charge in [-0.1, -0.05) is 0 Å². The summed E-state index contributed by atoms with van der Waals surface area (Å²) in [5, 5.41) is 12.1. The molecule has 8 heteroatoms. The van der Waals surface area contributed by atoms with Crippen molar-refractivity contribution in [1.29, 1.82) is 0 Å². The van der Waals surface area contributed by atoms with E-state index in [1.165, 1.54) is 12.1 Å². The molecule has 1 aromatic carbocycles. The Hall–Kier alpha value is -3.16. The first-order valence-electron chi connectivity index (χ1n) is 7.26. The van der Waals surface area contributed by atoms with E-state index in [1.54, 1.807) is 23.9 Å². The molecule has 0 saturated heterocycles. The van der Waals surface area contributed by atoms with Gasteiger partial charge in [0, 0.05) is 12.3 Å². The average Bonchev–Trinajstić information content (AvgIpc) is 3.11. The normalized spacial score (nSPS) is 11.3. The Labute approximate surface area is 135 Å². The van der Waals surface area contributed by atoms with Gasteiger partial charge < -0.3 is 0 Å². The molecule has 0 aliphatic heterocycles. The van der Waals surface area contributed by atoms with Gasteiger partial charge in [0.05, 0.1) is 11.9 Å². The number of aromatic amines is 1. The Bertz CT molecular complexity index is 1020. The first kappa shape index (κ1) is 14.4. The summed E-state index contributed by atoms with van der Waals surface area (Å²) in [7, 11) is 0. The van der Waals surface area contributed by atoms with Crippen LogP contribution >= 0.6 is 0 Å². The van der Waals surface area contributed by atoms with Gasteiger partial charge in [-0.05, 0) is 36.8 Å². The SMILES string of the molecule is Cc1n[nH]c(-c2nn(Cc3cc(F)cc(F)c3)c3ncccc23)n1. The maximum absolute atomic E-state index is 13.4. The van der Waals surface area contributed by atoms with Gasteiger partial charge in [-0.15, -0.1) is 0 Å². The van der Waals surface area contributed by atoms with Crippen LogP contribution < -0.4 is 0 Å². The lowest BCUT2D eigenvalue weighted by atomic mass is 10.2. The molecule has 0 spiro atoms. The van der Waals surface area contributed by atoms with Gasteiger partial charge in [-0.2, -0.15) is 10.2 Å². The smallest absolute Gasteiger partial charge is 0.177 e. The molecule has 6 nitrogen and oxygen atoms in total. The van der Waals surface area contributed by atoms with Crippen molar-refractivity contribution < 1.29 is 8.78 Å². The number of benzene rings is 1. The molecule has 0 aliphatic rings. The Balaban J connectivity index is 1.84. The number of fused-ring (bicyclic) bond motifs is 1. The average molecular weight is 326 g/mol. The summed E-state index contributed by atoms with van der Waals surface area (Å²) in [4.78, 5) is 8.62. The molecule has 0 saturated carbocycles. The van der Waals surface area contributed by atoms with Crippen LogP contribution in [0.15, 0.2) is 36.5 Å². The van der Waals surface area contributed by atoms with Crippen LogP contribution in [-0.2, 0) is 6.54 Å². The van der Waals surface area contributed by atoms with Crippen molar-refractivity contribution in [3.63, 3.8) is 0 Å². The summed E-state index contributed by atoms with van der Waals surface area (Å²) in [6.45, 7) is 1.96. The highest BCUT2D eigenvalue weighted by Gasteiger charge is 2.16. The van der Waals surface area contributed by atoms with Gasteiger partial charge in [-0.3, -0.25) is 5.10 Å². The molecule has 0 aliphatic carbocycles. The van der Waals surface area contributed by atoms with E-state index in [1.807, 2.05) is 6.07 Å². The van der Waals surface area contributed by atoms with E-state index in [2.05, 4.69) is 25.3 Å². The van der Waals surface area contributed by atoms with Crippen molar-refractivity contribution >= 4 is 11.0 Å². The molecule has 120 valence electrons. The van der Waals surface area contributed by atoms with Crippen LogP contribution in [0.4, 0.5) is 8.78 Å². The van der Waals surface area contributed by atoms with Crippen LogP contribution in [0.2, 0.25) is 0 Å². The maximum Gasteiger partial charge on any atom is 0.177 e. The number of rotatable bonds is 3. The van der Waals surface area contributed by atoms with E-state index < -0.39 is 11.6 Å². The zero-order valence-corrected chi connectivity index (χ0v) is 12.7. The van der Waals surface area contributed by atoms with Crippen molar-refractivity contribution in [2.75, 3.05) is 0 Å². The molecule has 4 rings (SSSR count). The molecule has 0 amide bonds. The number of pyridine rings is 1. The van der Waals surface area contributed by atoms with Gasteiger partial charge >= 0.3 is 0 Å². The van der Waals surface area contributed by atoms with Gasteiger partial charge in [0.25, 0.3) is 0 Å². The lowest BCUT2D eigenvalue weighted by Gasteiger charge is -2.03. The quantitative estimate of drug-likeness (QED) is 0.628. The number of aryl methyl sites for hydroxylation is 1. The first-order valence-corrected chi connectivity index (χ1v) is 7.26. The van der Waals surface area contributed by atoms with Crippen LogP contribution in [0.5, 0.6) is 0 Å². The number of aromatic nitrogens is 6. The minimum Gasteiger partial charge on any atom is -0.258 e. The zero-order chi connectivity index (χ0) is 16.7. The van der Waals surface area contributed by atoms with Crippen molar-refractivity contribution in [2.24, 2.45) is 0 Å². The van der Waals surface area contributed by atoms with Crippen LogP contribution in [0.1, 0.15) is 11.4 Å². The van der Waals surface area contributed by atoms with E-state index in [0.29, 0.717) is 28.6 Å². The third-order valence-electron chi connectivity index (χ3n) is 3.58. The third kappa shape index (κ3) is 2.51. The predicted octanol–water partition coefficient (Wildman–Crippen LogP) is 2.85. The largest absolute Gasteiger partial charge is 0.258 e. The first-order chi connectivity index (χ1) is 11.6. The molecule has 0 unspecified atom stereocenters. The van der Waals surface area contributed by atoms with Gasteiger partial charge in [0.2, 0.25) is 0 Å². The fourth-order valence-electron chi connectivity index (χ4n) is 2.62. The molecule has 0 atom stereocenters. The number of nitrogens with zero attached hydrogens (tertiary/aromatic N) is 5. The molecule has 4 aromatic rings. The Morgan fingerprint density at radius 2 is 1.96 bits per heavy atom. The second kappa shape index (κ2) is 5.48. The van der Waals surface area contributed by atoms with Crippen molar-refractivity contribution in [3.8, 4) is 11.5 Å². The molecule has 3 heterocycles. The van der Waals surface area contributed by atoms with Gasteiger partial charge in [0.15, 0.2) is 11.5 Å². The lowest BCUT2D eigenvalue weighted by Crippen LogP contribution is -2.03. The highest BCUT2D eigenvalue weighted by atomic mass is 19.1. The van der Waals surface area contributed by atoms with E-state index in [-0.39, 0.29) is 6.54 Å². The maximum atomic E-state index is 13.4. The van der Waals surface area contributed by atoms with Gasteiger partial charge in [-0.25, -0.2) is 23.4 Å². The topological polar surface area (TPSA) is 72.3 Å². The molecule has 3 aromatic heterocycles. The van der Waals surface area contributed by atoms with Crippen LogP contribution in [-0.4, -0.2) is 29.9 Å². The number of hydrogen-bond acceptors (Lipinski definition) is 4. The Morgan fingerprint density at radius 3 is 2.67 bits per heavy atom. The standard InChI is InChI=1S/C16H12F2N6/c1-9-20-15(22-21-9)14-13-3-2-4-19-16(13)24(23-14)8-10-5-11(17)7-12(18)6-10/h2-7H,8H2,1H3,(H,20,21,22). The van der Waals surface area contributed by atoms with Crippen LogP contribution in [0.3, 0.4) is 0 Å². The predicted molar refractivity (Wildman–Crippen MR) is 83.1 cm³/mol. The number of halogens is 2. The molecular formula is C16H12F2N6. The van der Waals surface area contributed by atoms with Crippen molar-refractivity contribution in [3.05, 3.63) is 59.6 Å². The van der Waals surface area contributed by atoms with Crippen LogP contribution in [0, 0.1) is 18.6 Å². The summed E-state index contributed by atoms with van der Waals surface area (Å²) in [6, 6.07) is 7.05. The highest BCUT2D eigenvalue weighted by molar-refractivity contribution is 5.89. The Morgan fingerprint density at radius 1 is 1.17 bits per heavy atom. The number of H-pyrrole nitrogens is 1. The highest BCUT2D eigenvalue weighted by Crippen LogP contribution is 2.24. The summed E-state index contributed by atoms with van der Waals surface area (Å²) in [6.07, 6.45) is 1.64. The minimum absolute atomic E-state index is 0.190. The summed E-state index contributed by atoms with van der Waals surface area (Å²) >= 11 is 0. The fraction of sp³-hybridized carbons (Fsp3) is 0.125. The monoisotopic (exact) mass is 326 g/mol. The van der Waals surface area contributed by atoms with E-state index in [9.17, 15) is 8.78 Å². The number of nitrogens with one attached hydrogen (secondary N) is 1. The second-order valence-electron chi connectivity index (χ2n) is 5.39. The second-order valence-corrected chi connectivity index (χ2v) is 5.39. The summed E-state index contributed by atoms with van der Waals surface area (Å²) < 4.78 is 28.4. The third-order valence-corrected chi connectivity index (χ3v) is 3.58. The molecule has 0 bridgehead atoms. The molecule has 0 fully saturated rings. The van der Waals surface area contributed by atoms with Crippen LogP contribution in [0.25, 0.3) is 22.6 Å². The molecule has 0 radical (unpaired) electrons. The lowest BCUT2D eigenvalue weighted by molar-refractivity contribution is 0.575. The van der Waals surface area contributed by atoms with Crippen molar-refractivity contribution in [1.82, 2.24) is 29.9 Å². The number of hydrogen-bond donors (Lipinski definition) is 1.